The molecule has 6 nitrogen and oxygen atoms in total. The Morgan fingerprint density at radius 3 is 2.56 bits per heavy atom. The van der Waals surface area contributed by atoms with Crippen molar-refractivity contribution >= 4 is 5.97 Å². The number of nitrogens with zero attached hydrogens (tertiary/aromatic N) is 2. The van der Waals surface area contributed by atoms with E-state index in [2.05, 4.69) is 10.2 Å². The molecule has 3 aromatic rings. The molecule has 0 radical (unpaired) electrons. The molecule has 0 bridgehead atoms. The van der Waals surface area contributed by atoms with E-state index in [1.165, 1.54) is 0 Å². The first-order valence-electron chi connectivity index (χ1n) is 8.73. The molecular formula is C21H22N2O4. The third-order valence-corrected chi connectivity index (χ3v) is 4.30. The van der Waals surface area contributed by atoms with Crippen LogP contribution in [-0.4, -0.2) is 22.8 Å². The van der Waals surface area contributed by atoms with Gasteiger partial charge in [-0.3, -0.25) is 0 Å². The number of hydrogen-bond acceptors (Lipinski definition) is 6. The summed E-state index contributed by atoms with van der Waals surface area (Å²) in [4.78, 5) is 12.1. The minimum absolute atomic E-state index is 0.187. The van der Waals surface area contributed by atoms with Crippen LogP contribution >= 0.6 is 0 Å². The molecule has 1 heterocycles. The summed E-state index contributed by atoms with van der Waals surface area (Å²) in [6.07, 6.45) is -0.661. The third-order valence-electron chi connectivity index (χ3n) is 4.30. The lowest BCUT2D eigenvalue weighted by atomic mass is 10.1. The van der Waals surface area contributed by atoms with Crippen LogP contribution in [0.1, 0.15) is 35.6 Å². The molecule has 0 fully saturated rings. The molecule has 3 rings (SSSR count). The number of ether oxygens (including phenoxy) is 2. The minimum Gasteiger partial charge on any atom is -0.482 e. The van der Waals surface area contributed by atoms with Gasteiger partial charge in [-0.05, 0) is 57.0 Å². The number of esters is 1. The Labute approximate surface area is 158 Å². The van der Waals surface area contributed by atoms with Crippen LogP contribution in [0.25, 0.3) is 11.5 Å². The SMILES string of the molecule is Cc1ccc(-c2nnc([C@H](C)OC(=O)COc3cccc(C)c3C)o2)cc1. The summed E-state index contributed by atoms with van der Waals surface area (Å²) in [6, 6.07) is 13.4. The molecule has 0 saturated heterocycles. The number of aromatic nitrogens is 2. The Morgan fingerprint density at radius 2 is 1.81 bits per heavy atom. The van der Waals surface area contributed by atoms with Gasteiger partial charge in [0.15, 0.2) is 12.7 Å². The zero-order chi connectivity index (χ0) is 19.4. The van der Waals surface area contributed by atoms with Gasteiger partial charge >= 0.3 is 5.97 Å². The highest BCUT2D eigenvalue weighted by molar-refractivity contribution is 5.71. The first-order chi connectivity index (χ1) is 12.9. The van der Waals surface area contributed by atoms with Crippen molar-refractivity contribution in [2.24, 2.45) is 0 Å². The van der Waals surface area contributed by atoms with Crippen LogP contribution in [0.2, 0.25) is 0 Å². The number of carbonyl (C=O) groups excluding carboxylic acids is 1. The highest BCUT2D eigenvalue weighted by Gasteiger charge is 2.19. The Bertz CT molecular complexity index is 932. The van der Waals surface area contributed by atoms with Crippen molar-refractivity contribution in [3.63, 3.8) is 0 Å². The number of rotatable bonds is 6. The van der Waals surface area contributed by atoms with Crippen molar-refractivity contribution in [2.45, 2.75) is 33.8 Å². The van der Waals surface area contributed by atoms with E-state index >= 15 is 0 Å². The first kappa shape index (κ1) is 18.6. The largest absolute Gasteiger partial charge is 0.482 e. The summed E-state index contributed by atoms with van der Waals surface area (Å²) < 4.78 is 16.5. The maximum atomic E-state index is 12.1. The fourth-order valence-corrected chi connectivity index (χ4v) is 2.51. The van der Waals surface area contributed by atoms with Gasteiger partial charge in [0.25, 0.3) is 5.89 Å². The highest BCUT2D eigenvalue weighted by Crippen LogP contribution is 2.23. The maximum absolute atomic E-state index is 12.1. The van der Waals surface area contributed by atoms with E-state index in [4.69, 9.17) is 13.9 Å². The smallest absolute Gasteiger partial charge is 0.344 e. The Morgan fingerprint density at radius 1 is 1.07 bits per heavy atom. The molecule has 0 aliphatic heterocycles. The number of aryl methyl sites for hydroxylation is 2. The summed E-state index contributed by atoms with van der Waals surface area (Å²) in [5.41, 5.74) is 4.06. The molecule has 0 spiro atoms. The second-order valence-electron chi connectivity index (χ2n) is 6.43. The molecule has 1 aromatic heterocycles. The average Bonchev–Trinajstić information content (AvgIpc) is 3.14. The summed E-state index contributed by atoms with van der Waals surface area (Å²) in [6.45, 7) is 7.44. The van der Waals surface area contributed by atoms with Crippen LogP contribution in [0.3, 0.4) is 0 Å². The predicted molar refractivity (Wildman–Crippen MR) is 100 cm³/mol. The van der Waals surface area contributed by atoms with Gasteiger partial charge in [-0.1, -0.05) is 29.8 Å². The Kier molecular flexibility index (Phi) is 5.54. The van der Waals surface area contributed by atoms with Crippen molar-refractivity contribution in [1.29, 1.82) is 0 Å². The molecule has 6 heteroatoms. The predicted octanol–water partition coefficient (Wildman–Crippen LogP) is 4.35. The first-order valence-corrected chi connectivity index (χ1v) is 8.73. The third kappa shape index (κ3) is 4.53. The molecule has 2 aromatic carbocycles. The van der Waals surface area contributed by atoms with Crippen molar-refractivity contribution in [2.75, 3.05) is 6.61 Å². The second-order valence-corrected chi connectivity index (χ2v) is 6.43. The highest BCUT2D eigenvalue weighted by atomic mass is 16.6. The second kappa shape index (κ2) is 8.03. The lowest BCUT2D eigenvalue weighted by Gasteiger charge is -2.12. The molecule has 0 N–H and O–H groups in total. The Hall–Kier alpha value is -3.15. The van der Waals surface area contributed by atoms with E-state index in [9.17, 15) is 4.79 Å². The summed E-state index contributed by atoms with van der Waals surface area (Å²) in [5, 5.41) is 8.00. The van der Waals surface area contributed by atoms with Crippen molar-refractivity contribution < 1.29 is 18.7 Å². The van der Waals surface area contributed by atoms with Gasteiger partial charge in [0.2, 0.25) is 5.89 Å². The fraction of sp³-hybridized carbons (Fsp3) is 0.286. The van der Waals surface area contributed by atoms with E-state index in [-0.39, 0.29) is 12.5 Å². The summed E-state index contributed by atoms with van der Waals surface area (Å²) in [7, 11) is 0. The number of benzene rings is 2. The molecule has 0 saturated carbocycles. The molecule has 27 heavy (non-hydrogen) atoms. The van der Waals surface area contributed by atoms with Crippen LogP contribution in [0.4, 0.5) is 0 Å². The van der Waals surface area contributed by atoms with Crippen molar-refractivity contribution in [3.8, 4) is 17.2 Å². The van der Waals surface area contributed by atoms with E-state index in [1.807, 2.05) is 63.2 Å². The van der Waals surface area contributed by atoms with Gasteiger partial charge in [-0.2, -0.15) is 0 Å². The lowest BCUT2D eigenvalue weighted by molar-refractivity contribution is -0.152. The lowest BCUT2D eigenvalue weighted by Crippen LogP contribution is -2.17. The summed E-state index contributed by atoms with van der Waals surface area (Å²) >= 11 is 0. The fourth-order valence-electron chi connectivity index (χ4n) is 2.51. The molecule has 0 unspecified atom stereocenters. The van der Waals surface area contributed by atoms with Crippen LogP contribution in [-0.2, 0) is 9.53 Å². The molecule has 0 aliphatic carbocycles. The van der Waals surface area contributed by atoms with Crippen molar-refractivity contribution in [1.82, 2.24) is 10.2 Å². The summed E-state index contributed by atoms with van der Waals surface area (Å²) in [5.74, 6) is 0.794. The zero-order valence-corrected chi connectivity index (χ0v) is 15.9. The van der Waals surface area contributed by atoms with Gasteiger partial charge in [0.05, 0.1) is 0 Å². The minimum atomic E-state index is -0.661. The van der Waals surface area contributed by atoms with Gasteiger partial charge in [-0.15, -0.1) is 10.2 Å². The molecule has 0 amide bonds. The van der Waals surface area contributed by atoms with E-state index < -0.39 is 12.1 Å². The van der Waals surface area contributed by atoms with Crippen LogP contribution < -0.4 is 4.74 Å². The average molecular weight is 366 g/mol. The van der Waals surface area contributed by atoms with E-state index in [0.717, 1.165) is 22.3 Å². The molecule has 0 aliphatic rings. The molecular weight excluding hydrogens is 344 g/mol. The zero-order valence-electron chi connectivity index (χ0n) is 15.9. The van der Waals surface area contributed by atoms with Crippen LogP contribution in [0.5, 0.6) is 5.75 Å². The topological polar surface area (TPSA) is 74.5 Å². The quantitative estimate of drug-likeness (QED) is 0.604. The maximum Gasteiger partial charge on any atom is 0.344 e. The molecule has 140 valence electrons. The number of carbonyl (C=O) groups is 1. The van der Waals surface area contributed by atoms with Gasteiger partial charge in [0, 0.05) is 5.56 Å². The normalized spacial score (nSPS) is 11.9. The number of hydrogen-bond donors (Lipinski definition) is 0. The van der Waals surface area contributed by atoms with Gasteiger partial charge in [-0.25, -0.2) is 4.79 Å². The monoisotopic (exact) mass is 366 g/mol. The van der Waals surface area contributed by atoms with Gasteiger partial charge < -0.3 is 13.9 Å². The molecule has 1 atom stereocenters. The van der Waals surface area contributed by atoms with Crippen LogP contribution in [0.15, 0.2) is 46.9 Å². The van der Waals surface area contributed by atoms with E-state index in [0.29, 0.717) is 11.6 Å². The Balaban J connectivity index is 1.58. The van der Waals surface area contributed by atoms with E-state index in [1.54, 1.807) is 6.92 Å². The van der Waals surface area contributed by atoms with Gasteiger partial charge in [0.1, 0.15) is 5.75 Å². The van der Waals surface area contributed by atoms with Crippen molar-refractivity contribution in [3.05, 3.63) is 65.0 Å². The standard InChI is InChI=1S/C21H22N2O4/c1-13-8-10-17(11-9-13)21-23-22-20(27-21)16(4)26-19(24)12-25-18-7-5-6-14(2)15(18)3/h5-11,16H,12H2,1-4H3/t16-/m0/s1. The van der Waals surface area contributed by atoms with Crippen LogP contribution in [0, 0.1) is 20.8 Å².